The van der Waals surface area contributed by atoms with Crippen LogP contribution < -0.4 is 5.32 Å². The van der Waals surface area contributed by atoms with Crippen molar-refractivity contribution in [3.8, 4) is 12.3 Å². The summed E-state index contributed by atoms with van der Waals surface area (Å²) in [5.41, 5.74) is 0. The number of nitrogens with zero attached hydrogens (tertiary/aromatic N) is 1. The maximum atomic E-state index is 11.9. The third-order valence-electron chi connectivity index (χ3n) is 3.21. The summed E-state index contributed by atoms with van der Waals surface area (Å²) in [5, 5.41) is 3.31. The van der Waals surface area contributed by atoms with Crippen molar-refractivity contribution >= 4 is 5.91 Å². The molecule has 0 aromatic heterocycles. The van der Waals surface area contributed by atoms with E-state index in [0.717, 1.165) is 45.2 Å². The Labute approximate surface area is 98.6 Å². The van der Waals surface area contributed by atoms with Gasteiger partial charge in [0, 0.05) is 25.9 Å². The van der Waals surface area contributed by atoms with Crippen LogP contribution in [0.25, 0.3) is 0 Å². The molecule has 0 saturated carbocycles. The van der Waals surface area contributed by atoms with Crippen LogP contribution in [0.15, 0.2) is 0 Å². The lowest BCUT2D eigenvalue weighted by Gasteiger charge is -2.31. The maximum Gasteiger partial charge on any atom is 0.222 e. The van der Waals surface area contributed by atoms with Crippen LogP contribution in [0.5, 0.6) is 0 Å². The second-order valence-corrected chi connectivity index (χ2v) is 4.40. The first-order valence-electron chi connectivity index (χ1n) is 6.15. The monoisotopic (exact) mass is 222 g/mol. The largest absolute Gasteiger partial charge is 0.343 e. The summed E-state index contributed by atoms with van der Waals surface area (Å²) in [6.45, 7) is 2.05. The normalized spacial score (nSPS) is 16.8. The third-order valence-corrected chi connectivity index (χ3v) is 3.21. The molecule has 0 unspecified atom stereocenters. The van der Waals surface area contributed by atoms with E-state index in [1.165, 1.54) is 0 Å². The Morgan fingerprint density at radius 1 is 1.44 bits per heavy atom. The molecule has 1 saturated heterocycles. The molecule has 0 aromatic rings. The van der Waals surface area contributed by atoms with Crippen molar-refractivity contribution in [1.82, 2.24) is 10.2 Å². The minimum absolute atomic E-state index is 0.268. The van der Waals surface area contributed by atoms with E-state index in [1.54, 1.807) is 0 Å². The van der Waals surface area contributed by atoms with Crippen molar-refractivity contribution in [3.63, 3.8) is 0 Å². The van der Waals surface area contributed by atoms with E-state index in [9.17, 15) is 4.79 Å². The average Bonchev–Trinajstić information content (AvgIpc) is 2.34. The van der Waals surface area contributed by atoms with Crippen LogP contribution in [0.4, 0.5) is 0 Å². The smallest absolute Gasteiger partial charge is 0.222 e. The zero-order chi connectivity index (χ0) is 11.8. The quantitative estimate of drug-likeness (QED) is 0.563. The van der Waals surface area contributed by atoms with Gasteiger partial charge in [-0.25, -0.2) is 0 Å². The zero-order valence-corrected chi connectivity index (χ0v) is 10.2. The van der Waals surface area contributed by atoms with Crippen molar-refractivity contribution in [3.05, 3.63) is 0 Å². The van der Waals surface area contributed by atoms with Gasteiger partial charge in [-0.15, -0.1) is 12.3 Å². The Bertz CT molecular complexity index is 251. The maximum absolute atomic E-state index is 11.9. The fourth-order valence-corrected chi connectivity index (χ4v) is 2.08. The van der Waals surface area contributed by atoms with Gasteiger partial charge < -0.3 is 10.2 Å². The van der Waals surface area contributed by atoms with E-state index < -0.39 is 0 Å². The first-order chi connectivity index (χ1) is 7.75. The summed E-state index contributed by atoms with van der Waals surface area (Å²) < 4.78 is 0. The molecular weight excluding hydrogens is 200 g/mol. The first kappa shape index (κ1) is 13.1. The first-order valence-corrected chi connectivity index (χ1v) is 6.15. The van der Waals surface area contributed by atoms with Crippen LogP contribution in [-0.2, 0) is 4.79 Å². The van der Waals surface area contributed by atoms with Crippen LogP contribution in [0.1, 0.15) is 38.5 Å². The number of nitrogens with one attached hydrogen (secondary N) is 1. The molecule has 0 atom stereocenters. The number of rotatable bonds is 5. The molecule has 1 N–H and O–H groups in total. The molecule has 1 aliphatic heterocycles. The van der Waals surface area contributed by atoms with E-state index in [4.69, 9.17) is 6.42 Å². The van der Waals surface area contributed by atoms with Crippen molar-refractivity contribution in [2.45, 2.75) is 44.6 Å². The summed E-state index contributed by atoms with van der Waals surface area (Å²) in [4.78, 5) is 13.8. The molecule has 0 bridgehead atoms. The predicted octanol–water partition coefficient (Wildman–Crippen LogP) is 1.39. The lowest BCUT2D eigenvalue weighted by atomic mass is 10.0. The molecule has 0 aliphatic carbocycles. The van der Waals surface area contributed by atoms with Gasteiger partial charge in [0.25, 0.3) is 0 Å². The van der Waals surface area contributed by atoms with E-state index in [2.05, 4.69) is 11.2 Å². The molecule has 1 aliphatic rings. The SMILES string of the molecule is C#CCCCCC(=O)N(C)C1CCNCC1. The summed E-state index contributed by atoms with van der Waals surface area (Å²) in [6.07, 6.45) is 10.6. The molecule has 0 spiro atoms. The van der Waals surface area contributed by atoms with E-state index >= 15 is 0 Å². The number of amides is 1. The summed E-state index contributed by atoms with van der Waals surface area (Å²) in [6, 6.07) is 0.432. The fourth-order valence-electron chi connectivity index (χ4n) is 2.08. The molecule has 1 fully saturated rings. The second-order valence-electron chi connectivity index (χ2n) is 4.40. The Kier molecular flexibility index (Phi) is 5.95. The van der Waals surface area contributed by atoms with Crippen LogP contribution in [-0.4, -0.2) is 37.0 Å². The highest BCUT2D eigenvalue weighted by Gasteiger charge is 2.21. The van der Waals surface area contributed by atoms with Crippen molar-refractivity contribution < 1.29 is 4.79 Å². The lowest BCUT2D eigenvalue weighted by molar-refractivity contribution is -0.132. The van der Waals surface area contributed by atoms with E-state index in [1.807, 2.05) is 11.9 Å². The lowest BCUT2D eigenvalue weighted by Crippen LogP contribution is -2.43. The highest BCUT2D eigenvalue weighted by atomic mass is 16.2. The number of unbranched alkanes of at least 4 members (excludes halogenated alkanes) is 2. The van der Waals surface area contributed by atoms with Crippen LogP contribution >= 0.6 is 0 Å². The summed E-state index contributed by atoms with van der Waals surface area (Å²) in [5.74, 6) is 2.87. The van der Waals surface area contributed by atoms with Crippen molar-refractivity contribution in [2.24, 2.45) is 0 Å². The fraction of sp³-hybridized carbons (Fsp3) is 0.769. The van der Waals surface area contributed by atoms with Gasteiger partial charge in [-0.2, -0.15) is 0 Å². The molecule has 0 radical (unpaired) electrons. The van der Waals surface area contributed by atoms with Crippen molar-refractivity contribution in [1.29, 1.82) is 0 Å². The van der Waals surface area contributed by atoms with Gasteiger partial charge in [0.05, 0.1) is 0 Å². The van der Waals surface area contributed by atoms with Gasteiger partial charge in [-0.1, -0.05) is 0 Å². The number of hydrogen-bond acceptors (Lipinski definition) is 2. The molecule has 1 amide bonds. The molecule has 1 heterocycles. The summed E-state index contributed by atoms with van der Waals surface area (Å²) >= 11 is 0. The standard InChI is InChI=1S/C13H22N2O/c1-3-4-5-6-7-13(16)15(2)12-8-10-14-11-9-12/h1,12,14H,4-11H2,2H3. The molecule has 1 rings (SSSR count). The van der Waals surface area contributed by atoms with Crippen molar-refractivity contribution in [2.75, 3.05) is 20.1 Å². The highest BCUT2D eigenvalue weighted by Crippen LogP contribution is 2.12. The van der Waals surface area contributed by atoms with Gasteiger partial charge in [0.2, 0.25) is 5.91 Å². The molecule has 3 nitrogen and oxygen atoms in total. The van der Waals surface area contributed by atoms with Crippen LogP contribution in [0.2, 0.25) is 0 Å². The van der Waals surface area contributed by atoms with Gasteiger partial charge in [0.1, 0.15) is 0 Å². The van der Waals surface area contributed by atoms with E-state index in [-0.39, 0.29) is 5.91 Å². The number of terminal acetylenes is 1. The van der Waals surface area contributed by atoms with Gasteiger partial charge in [-0.05, 0) is 38.8 Å². The number of carbonyl (C=O) groups is 1. The molecule has 16 heavy (non-hydrogen) atoms. The topological polar surface area (TPSA) is 32.3 Å². The molecule has 90 valence electrons. The number of piperidine rings is 1. The number of hydrogen-bond donors (Lipinski definition) is 1. The molecule has 3 heteroatoms. The Balaban J connectivity index is 2.21. The molecule has 0 aromatic carbocycles. The second kappa shape index (κ2) is 7.29. The zero-order valence-electron chi connectivity index (χ0n) is 10.2. The Hall–Kier alpha value is -1.01. The van der Waals surface area contributed by atoms with Crippen LogP contribution in [0.3, 0.4) is 0 Å². The summed E-state index contributed by atoms with van der Waals surface area (Å²) in [7, 11) is 1.93. The van der Waals surface area contributed by atoms with Gasteiger partial charge in [-0.3, -0.25) is 4.79 Å². The highest BCUT2D eigenvalue weighted by molar-refractivity contribution is 5.76. The third kappa shape index (κ3) is 4.24. The Morgan fingerprint density at radius 2 is 2.12 bits per heavy atom. The van der Waals surface area contributed by atoms with Gasteiger partial charge >= 0.3 is 0 Å². The van der Waals surface area contributed by atoms with Crippen LogP contribution in [0, 0.1) is 12.3 Å². The van der Waals surface area contributed by atoms with Gasteiger partial charge in [0.15, 0.2) is 0 Å². The average molecular weight is 222 g/mol. The molecular formula is C13H22N2O. The Morgan fingerprint density at radius 3 is 2.75 bits per heavy atom. The predicted molar refractivity (Wildman–Crippen MR) is 66.0 cm³/mol. The minimum atomic E-state index is 0.268. The minimum Gasteiger partial charge on any atom is -0.343 e. The van der Waals surface area contributed by atoms with E-state index in [0.29, 0.717) is 12.5 Å². The number of carbonyl (C=O) groups excluding carboxylic acids is 1.